The number of hydrogen-bond acceptors (Lipinski definition) is 5. The predicted molar refractivity (Wildman–Crippen MR) is 171 cm³/mol. The molecule has 9 heteroatoms. The Labute approximate surface area is 272 Å². The van der Waals surface area contributed by atoms with Crippen molar-refractivity contribution < 1.29 is 32.9 Å². The van der Waals surface area contributed by atoms with Gasteiger partial charge in [0.2, 0.25) is 5.91 Å². The lowest BCUT2D eigenvalue weighted by Crippen LogP contribution is -2.78. The van der Waals surface area contributed by atoms with Gasteiger partial charge in [0, 0.05) is 30.8 Å². The Morgan fingerprint density at radius 2 is 1.85 bits per heavy atom. The molecule has 6 nitrogen and oxygen atoms in total. The van der Waals surface area contributed by atoms with Crippen molar-refractivity contribution >= 4 is 12.0 Å². The number of rotatable bonds is 8. The number of alkyl halides is 3. The molecule has 1 amide bonds. The van der Waals surface area contributed by atoms with E-state index in [4.69, 9.17) is 4.74 Å². The zero-order valence-corrected chi connectivity index (χ0v) is 26.1. The Morgan fingerprint density at radius 1 is 1.04 bits per heavy atom. The molecule has 2 N–H and O–H groups in total. The first-order chi connectivity index (χ1) is 22.6. The molecule has 47 heavy (non-hydrogen) atoms. The summed E-state index contributed by atoms with van der Waals surface area (Å²) in [5, 5.41) is 23.9. The number of aromatic hydroxyl groups is 1. The summed E-state index contributed by atoms with van der Waals surface area (Å²) >= 11 is 0. The zero-order chi connectivity index (χ0) is 32.6. The van der Waals surface area contributed by atoms with Gasteiger partial charge < -0.3 is 19.8 Å². The van der Waals surface area contributed by atoms with Gasteiger partial charge in [-0.05, 0) is 98.4 Å². The second-order valence-electron chi connectivity index (χ2n) is 14.1. The lowest BCUT2D eigenvalue weighted by atomic mass is 9.48. The maximum absolute atomic E-state index is 14.2. The van der Waals surface area contributed by atoms with Gasteiger partial charge in [-0.1, -0.05) is 48.5 Å². The molecule has 3 aromatic carbocycles. The van der Waals surface area contributed by atoms with Gasteiger partial charge in [-0.2, -0.15) is 13.2 Å². The van der Waals surface area contributed by atoms with Crippen molar-refractivity contribution in [1.29, 1.82) is 0 Å². The van der Waals surface area contributed by atoms with E-state index in [0.717, 1.165) is 41.9 Å². The molecule has 1 saturated heterocycles. The molecule has 3 aliphatic carbocycles. The number of aliphatic hydroxyl groups is 1. The van der Waals surface area contributed by atoms with Gasteiger partial charge >= 0.3 is 6.18 Å². The molecule has 2 bridgehead atoms. The van der Waals surface area contributed by atoms with E-state index in [1.807, 2.05) is 36.4 Å². The van der Waals surface area contributed by atoms with Crippen LogP contribution in [0, 0.1) is 5.92 Å². The third kappa shape index (κ3) is 4.96. The van der Waals surface area contributed by atoms with E-state index >= 15 is 0 Å². The smallest absolute Gasteiger partial charge is 0.416 e. The fraction of sp³-hybridized carbons (Fsp3) is 0.447. The summed E-state index contributed by atoms with van der Waals surface area (Å²) in [4.78, 5) is 18.4. The molecule has 2 saturated carbocycles. The van der Waals surface area contributed by atoms with Crippen LogP contribution < -0.4 is 4.74 Å². The number of halogens is 3. The molecule has 3 aromatic rings. The van der Waals surface area contributed by atoms with Gasteiger partial charge in [-0.15, -0.1) is 0 Å². The van der Waals surface area contributed by atoms with Crippen LogP contribution in [0.5, 0.6) is 11.5 Å². The molecule has 8 rings (SSSR count). The molecule has 246 valence electrons. The summed E-state index contributed by atoms with van der Waals surface area (Å²) in [5.74, 6) is 0.805. The molecule has 5 atom stereocenters. The van der Waals surface area contributed by atoms with Crippen LogP contribution in [-0.4, -0.2) is 69.3 Å². The van der Waals surface area contributed by atoms with Crippen LogP contribution in [0.15, 0.2) is 72.8 Å². The van der Waals surface area contributed by atoms with Crippen LogP contribution in [-0.2, 0) is 29.2 Å². The Hall–Kier alpha value is -3.82. The normalized spacial score (nSPS) is 29.4. The molecule has 5 aliphatic rings. The third-order valence-corrected chi connectivity index (χ3v) is 11.5. The third-order valence-electron chi connectivity index (χ3n) is 11.5. The standard InChI is InChI=1S/C38H39F3N2O4/c39-38(40,41)28-8-4-7-25(21-28)11-14-32(45)43(19-16-24-5-2-1-3-6-24)29-15-17-37(46)31-22-27-12-13-30(44)34-33(27)36(37,35(29)47-34)18-20-42(31)23-26-9-10-26/h1-8,11-14,21,26,29,31,35,44,46H,9-10,15-20,22-23H2/t29?,31-,35?,36+,37-/m1/s1. The summed E-state index contributed by atoms with van der Waals surface area (Å²) in [7, 11) is 0. The highest BCUT2D eigenvalue weighted by molar-refractivity contribution is 5.92. The summed E-state index contributed by atoms with van der Waals surface area (Å²) in [6.07, 6.45) is 3.05. The van der Waals surface area contributed by atoms with Crippen molar-refractivity contribution in [3.05, 3.63) is 101 Å². The highest BCUT2D eigenvalue weighted by Crippen LogP contribution is 2.66. The zero-order valence-electron chi connectivity index (χ0n) is 26.1. The van der Waals surface area contributed by atoms with Gasteiger partial charge in [0.15, 0.2) is 11.5 Å². The fourth-order valence-corrected chi connectivity index (χ4v) is 9.19. The number of carbonyl (C=O) groups is 1. The minimum Gasteiger partial charge on any atom is -0.504 e. The van der Waals surface area contributed by atoms with E-state index in [2.05, 4.69) is 4.90 Å². The number of phenols is 1. The first-order valence-corrected chi connectivity index (χ1v) is 16.8. The second kappa shape index (κ2) is 11.1. The Morgan fingerprint density at radius 3 is 2.62 bits per heavy atom. The van der Waals surface area contributed by atoms with Gasteiger partial charge in [-0.25, -0.2) is 0 Å². The number of likely N-dealkylation sites (tertiary alicyclic amines) is 1. The van der Waals surface area contributed by atoms with E-state index in [9.17, 15) is 28.2 Å². The van der Waals surface area contributed by atoms with Crippen molar-refractivity contribution in [2.75, 3.05) is 19.6 Å². The summed E-state index contributed by atoms with van der Waals surface area (Å²) in [6.45, 7) is 2.14. The van der Waals surface area contributed by atoms with Crippen molar-refractivity contribution in [1.82, 2.24) is 9.80 Å². The molecule has 3 fully saturated rings. The maximum Gasteiger partial charge on any atom is 0.416 e. The molecular weight excluding hydrogens is 605 g/mol. The lowest BCUT2D eigenvalue weighted by molar-refractivity contribution is -0.201. The van der Waals surface area contributed by atoms with Crippen LogP contribution in [0.2, 0.25) is 0 Å². The van der Waals surface area contributed by atoms with E-state index in [-0.39, 0.29) is 23.3 Å². The van der Waals surface area contributed by atoms with Crippen molar-refractivity contribution in [3.63, 3.8) is 0 Å². The van der Waals surface area contributed by atoms with E-state index < -0.39 is 34.9 Å². The van der Waals surface area contributed by atoms with Crippen LogP contribution >= 0.6 is 0 Å². The highest BCUT2D eigenvalue weighted by Gasteiger charge is 2.73. The number of benzene rings is 3. The number of carbonyl (C=O) groups excluding carboxylic acids is 1. The first-order valence-electron chi connectivity index (χ1n) is 16.8. The number of hydrogen-bond donors (Lipinski definition) is 2. The van der Waals surface area contributed by atoms with E-state index in [0.29, 0.717) is 50.3 Å². The first kappa shape index (κ1) is 30.5. The van der Waals surface area contributed by atoms with Crippen molar-refractivity contribution in [3.8, 4) is 11.5 Å². The number of amides is 1. The average Bonchev–Trinajstić information content (AvgIpc) is 3.80. The van der Waals surface area contributed by atoms with E-state index in [1.54, 1.807) is 17.0 Å². The molecule has 2 aliphatic heterocycles. The SMILES string of the molecule is O=C(C=Cc1cccc(C(F)(F)F)c1)N(CCc1ccccc1)C1CC[C@@]2(O)[C@H]3Cc4ccc(O)c5c4[C@@]2(CCN3CC2CC2)C1O5. The Bertz CT molecular complexity index is 1720. The monoisotopic (exact) mass is 644 g/mol. The fourth-order valence-electron chi connectivity index (χ4n) is 9.19. The number of ether oxygens (including phenoxy) is 1. The maximum atomic E-state index is 14.2. The minimum absolute atomic E-state index is 0.0408. The molecule has 1 spiro atoms. The molecule has 2 heterocycles. The molecule has 2 unspecified atom stereocenters. The predicted octanol–water partition coefficient (Wildman–Crippen LogP) is 6.13. The Balaban J connectivity index is 1.17. The van der Waals surface area contributed by atoms with Crippen LogP contribution in [0.3, 0.4) is 0 Å². The van der Waals surface area contributed by atoms with Crippen LogP contribution in [0.1, 0.15) is 59.9 Å². The quantitative estimate of drug-likeness (QED) is 0.289. The van der Waals surface area contributed by atoms with Crippen molar-refractivity contribution in [2.24, 2.45) is 5.92 Å². The summed E-state index contributed by atoms with van der Waals surface area (Å²) in [5.41, 5.74) is 0.665. The second-order valence-corrected chi connectivity index (χ2v) is 14.1. The summed E-state index contributed by atoms with van der Waals surface area (Å²) < 4.78 is 46.9. The molecular formula is C38H39F3N2O4. The van der Waals surface area contributed by atoms with Gasteiger partial charge in [0.25, 0.3) is 0 Å². The lowest BCUT2D eigenvalue weighted by Gasteiger charge is -2.65. The number of phenolic OH excluding ortho intramolecular Hbond substituents is 1. The highest BCUT2D eigenvalue weighted by atomic mass is 19.4. The van der Waals surface area contributed by atoms with Crippen LogP contribution in [0.25, 0.3) is 6.08 Å². The Kier molecular flexibility index (Phi) is 7.22. The topological polar surface area (TPSA) is 73.2 Å². The van der Waals surface area contributed by atoms with Crippen molar-refractivity contribution in [2.45, 2.75) is 80.3 Å². The van der Waals surface area contributed by atoms with Crippen LogP contribution in [0.4, 0.5) is 13.2 Å². The number of piperidine rings is 1. The minimum atomic E-state index is -4.49. The average molecular weight is 645 g/mol. The number of nitrogens with zero attached hydrogens (tertiary/aromatic N) is 2. The van der Waals surface area contributed by atoms with Gasteiger partial charge in [0.05, 0.1) is 22.6 Å². The van der Waals surface area contributed by atoms with Gasteiger partial charge in [0.1, 0.15) is 6.10 Å². The van der Waals surface area contributed by atoms with E-state index in [1.165, 1.54) is 31.1 Å². The molecule has 0 aromatic heterocycles. The summed E-state index contributed by atoms with van der Waals surface area (Å²) in [6, 6.07) is 17.9. The largest absolute Gasteiger partial charge is 0.504 e. The van der Waals surface area contributed by atoms with Gasteiger partial charge in [-0.3, -0.25) is 9.69 Å². The molecule has 0 radical (unpaired) electrons.